The molecule has 0 radical (unpaired) electrons. The first-order valence-corrected chi connectivity index (χ1v) is 5.55. The van der Waals surface area contributed by atoms with Crippen LogP contribution in [0.2, 0.25) is 0 Å². The van der Waals surface area contributed by atoms with Gasteiger partial charge >= 0.3 is 0 Å². The summed E-state index contributed by atoms with van der Waals surface area (Å²) in [4.78, 5) is 15.8. The molecule has 3 nitrogen and oxygen atoms in total. The van der Waals surface area contributed by atoms with E-state index < -0.39 is 6.17 Å². The molecule has 86 valence electrons. The molecule has 2 fully saturated rings. The second-order valence-electron chi connectivity index (χ2n) is 5.67. The van der Waals surface area contributed by atoms with Crippen LogP contribution in [0.15, 0.2) is 0 Å². The van der Waals surface area contributed by atoms with Crippen molar-refractivity contribution in [3.05, 3.63) is 0 Å². The molecule has 0 aromatic heterocycles. The average Bonchev–Trinajstić information content (AvgIpc) is 1.96. The summed E-state index contributed by atoms with van der Waals surface area (Å²) in [5.74, 6) is 0.205. The summed E-state index contributed by atoms with van der Waals surface area (Å²) in [7, 11) is 0. The third-order valence-electron chi connectivity index (χ3n) is 3.17. The number of hydrogen-bond donors (Lipinski definition) is 0. The molecular formula is C11H19FN2O. The molecule has 4 heteroatoms. The standard InChI is InChI=1S/C11H19FN2O/c1-11(2,3)10(15)14-6-9(7-14)13-4-8(12)5-13/h8-9H,4-7H2,1-3H3. The maximum atomic E-state index is 12.6. The van der Waals surface area contributed by atoms with Gasteiger partial charge in [-0.3, -0.25) is 9.69 Å². The van der Waals surface area contributed by atoms with Crippen LogP contribution < -0.4 is 0 Å². The first-order chi connectivity index (χ1) is 6.88. The number of rotatable bonds is 1. The van der Waals surface area contributed by atoms with E-state index in [0.29, 0.717) is 19.1 Å². The fourth-order valence-corrected chi connectivity index (χ4v) is 2.08. The van der Waals surface area contributed by atoms with Crippen molar-refractivity contribution in [3.8, 4) is 0 Å². The Labute approximate surface area is 90.2 Å². The third kappa shape index (κ3) is 2.00. The number of amides is 1. The SMILES string of the molecule is CC(C)(C)C(=O)N1CC(N2CC(F)C2)C1. The molecule has 2 aliphatic rings. The predicted octanol–water partition coefficient (Wildman–Crippen LogP) is 0.897. The molecule has 0 aromatic carbocycles. The van der Waals surface area contributed by atoms with Crippen LogP contribution >= 0.6 is 0 Å². The van der Waals surface area contributed by atoms with Crippen molar-refractivity contribution in [1.82, 2.24) is 9.80 Å². The van der Waals surface area contributed by atoms with Gasteiger partial charge in [-0.2, -0.15) is 0 Å². The minimum absolute atomic E-state index is 0.205. The molecule has 2 saturated heterocycles. The summed E-state index contributed by atoms with van der Waals surface area (Å²) in [6, 6.07) is 0.406. The highest BCUT2D eigenvalue weighted by Gasteiger charge is 2.42. The van der Waals surface area contributed by atoms with Crippen molar-refractivity contribution in [1.29, 1.82) is 0 Å². The Bertz CT molecular complexity index is 262. The fourth-order valence-electron chi connectivity index (χ4n) is 2.08. The molecule has 0 atom stereocenters. The van der Waals surface area contributed by atoms with E-state index in [2.05, 4.69) is 4.90 Å². The monoisotopic (exact) mass is 214 g/mol. The van der Waals surface area contributed by atoms with Crippen LogP contribution in [0.3, 0.4) is 0 Å². The average molecular weight is 214 g/mol. The number of halogens is 1. The number of alkyl halides is 1. The number of nitrogens with zero attached hydrogens (tertiary/aromatic N) is 2. The fraction of sp³-hybridized carbons (Fsp3) is 0.909. The van der Waals surface area contributed by atoms with Crippen LogP contribution in [0.4, 0.5) is 4.39 Å². The number of carbonyl (C=O) groups excluding carboxylic acids is 1. The van der Waals surface area contributed by atoms with Crippen LogP contribution in [-0.2, 0) is 4.79 Å². The molecular weight excluding hydrogens is 195 g/mol. The van der Waals surface area contributed by atoms with Gasteiger partial charge in [-0.1, -0.05) is 20.8 Å². The molecule has 0 unspecified atom stereocenters. The molecule has 0 spiro atoms. The van der Waals surface area contributed by atoms with Crippen molar-refractivity contribution >= 4 is 5.91 Å². The van der Waals surface area contributed by atoms with Gasteiger partial charge in [0.2, 0.25) is 5.91 Å². The van der Waals surface area contributed by atoms with E-state index in [1.165, 1.54) is 0 Å². The second-order valence-corrected chi connectivity index (χ2v) is 5.67. The lowest BCUT2D eigenvalue weighted by atomic mass is 9.91. The van der Waals surface area contributed by atoms with Gasteiger partial charge in [0.15, 0.2) is 0 Å². The highest BCUT2D eigenvalue weighted by molar-refractivity contribution is 5.82. The zero-order valence-corrected chi connectivity index (χ0v) is 9.66. The van der Waals surface area contributed by atoms with E-state index in [-0.39, 0.29) is 11.3 Å². The van der Waals surface area contributed by atoms with Crippen molar-refractivity contribution < 1.29 is 9.18 Å². The Morgan fingerprint density at radius 1 is 1.20 bits per heavy atom. The summed E-state index contributed by atoms with van der Waals surface area (Å²) in [6.07, 6.45) is -0.641. The first kappa shape index (κ1) is 10.9. The first-order valence-electron chi connectivity index (χ1n) is 5.55. The Morgan fingerprint density at radius 2 is 1.73 bits per heavy atom. The molecule has 0 aliphatic carbocycles. The minimum atomic E-state index is -0.641. The second kappa shape index (κ2) is 3.44. The third-order valence-corrected chi connectivity index (χ3v) is 3.17. The van der Waals surface area contributed by atoms with Crippen molar-refractivity contribution in [2.45, 2.75) is 33.0 Å². The summed E-state index contributed by atoms with van der Waals surface area (Å²) >= 11 is 0. The van der Waals surface area contributed by atoms with Crippen LogP contribution in [-0.4, -0.2) is 54.1 Å². The smallest absolute Gasteiger partial charge is 0.228 e. The molecule has 2 heterocycles. The Balaban J connectivity index is 1.76. The lowest BCUT2D eigenvalue weighted by Crippen LogP contribution is -2.67. The summed E-state index contributed by atoms with van der Waals surface area (Å²) in [5.41, 5.74) is -0.289. The quantitative estimate of drug-likeness (QED) is 0.647. The van der Waals surface area contributed by atoms with Gasteiger partial charge in [-0.15, -0.1) is 0 Å². The van der Waals surface area contributed by atoms with Crippen molar-refractivity contribution in [3.63, 3.8) is 0 Å². The zero-order valence-electron chi connectivity index (χ0n) is 9.66. The van der Waals surface area contributed by atoms with Crippen LogP contribution in [0, 0.1) is 5.41 Å². The Morgan fingerprint density at radius 3 is 2.13 bits per heavy atom. The number of carbonyl (C=O) groups is 1. The molecule has 0 aromatic rings. The molecule has 0 bridgehead atoms. The lowest BCUT2D eigenvalue weighted by molar-refractivity contribution is -0.149. The normalized spacial score (nSPS) is 24.9. The molecule has 0 saturated carbocycles. The highest BCUT2D eigenvalue weighted by atomic mass is 19.1. The topological polar surface area (TPSA) is 23.6 Å². The molecule has 2 aliphatic heterocycles. The maximum Gasteiger partial charge on any atom is 0.228 e. The van der Waals surface area contributed by atoms with E-state index in [0.717, 1.165) is 13.1 Å². The van der Waals surface area contributed by atoms with Crippen LogP contribution in [0.5, 0.6) is 0 Å². The molecule has 1 amide bonds. The van der Waals surface area contributed by atoms with Crippen molar-refractivity contribution in [2.75, 3.05) is 26.2 Å². The largest absolute Gasteiger partial charge is 0.339 e. The zero-order chi connectivity index (χ0) is 11.2. The Hall–Kier alpha value is -0.640. The van der Waals surface area contributed by atoms with Gasteiger partial charge in [-0.25, -0.2) is 4.39 Å². The van der Waals surface area contributed by atoms with E-state index in [1.54, 1.807) is 0 Å². The Kier molecular flexibility index (Phi) is 2.49. The van der Waals surface area contributed by atoms with Gasteiger partial charge in [0.25, 0.3) is 0 Å². The molecule has 2 rings (SSSR count). The molecule has 0 N–H and O–H groups in total. The number of hydrogen-bond acceptors (Lipinski definition) is 2. The van der Waals surface area contributed by atoms with Gasteiger partial charge in [0.1, 0.15) is 6.17 Å². The lowest BCUT2D eigenvalue weighted by Gasteiger charge is -2.51. The van der Waals surface area contributed by atoms with Crippen LogP contribution in [0.25, 0.3) is 0 Å². The van der Waals surface area contributed by atoms with Gasteiger partial charge < -0.3 is 4.90 Å². The maximum absolute atomic E-state index is 12.6. The van der Waals surface area contributed by atoms with Gasteiger partial charge in [-0.05, 0) is 0 Å². The summed E-state index contributed by atoms with van der Waals surface area (Å²) in [5, 5.41) is 0. The van der Waals surface area contributed by atoms with Crippen LogP contribution in [0.1, 0.15) is 20.8 Å². The summed E-state index contributed by atoms with van der Waals surface area (Å²) < 4.78 is 12.6. The minimum Gasteiger partial charge on any atom is -0.339 e. The van der Waals surface area contributed by atoms with E-state index in [4.69, 9.17) is 0 Å². The molecule has 15 heavy (non-hydrogen) atoms. The van der Waals surface area contributed by atoms with Gasteiger partial charge in [0, 0.05) is 37.6 Å². The highest BCUT2D eigenvalue weighted by Crippen LogP contribution is 2.26. The van der Waals surface area contributed by atoms with E-state index in [9.17, 15) is 9.18 Å². The van der Waals surface area contributed by atoms with Crippen molar-refractivity contribution in [2.24, 2.45) is 5.41 Å². The van der Waals surface area contributed by atoms with E-state index in [1.807, 2.05) is 25.7 Å². The van der Waals surface area contributed by atoms with E-state index >= 15 is 0 Å². The number of likely N-dealkylation sites (tertiary alicyclic amines) is 2. The summed E-state index contributed by atoms with van der Waals surface area (Å²) in [6.45, 7) is 8.48. The predicted molar refractivity (Wildman–Crippen MR) is 56.3 cm³/mol. The van der Waals surface area contributed by atoms with Gasteiger partial charge in [0.05, 0.1) is 0 Å².